The summed E-state index contributed by atoms with van der Waals surface area (Å²) in [5.41, 5.74) is 0. The second kappa shape index (κ2) is 52.5. The Kier molecular flexibility index (Phi) is 50.8. The number of unbranched alkanes of at least 4 members (excludes halogenated alkanes) is 37. The van der Waals surface area contributed by atoms with Gasteiger partial charge in [-0.25, -0.2) is 0 Å². The number of hydrogen-bond donors (Lipinski definition) is 0. The van der Waals surface area contributed by atoms with Crippen molar-refractivity contribution in [2.24, 2.45) is 0 Å². The van der Waals surface area contributed by atoms with E-state index in [9.17, 15) is 14.4 Å². The summed E-state index contributed by atoms with van der Waals surface area (Å²) >= 11 is 0. The lowest BCUT2D eigenvalue weighted by molar-refractivity contribution is -0.167. The molecule has 0 aliphatic heterocycles. The molecule has 0 saturated carbocycles. The number of hydrogen-bond acceptors (Lipinski definition) is 6. The van der Waals surface area contributed by atoms with E-state index in [1.807, 2.05) is 0 Å². The fourth-order valence-corrected chi connectivity index (χ4v) is 8.26. The molecule has 0 aromatic heterocycles. The zero-order valence-electron chi connectivity index (χ0n) is 42.4. The molecule has 0 saturated heterocycles. The van der Waals surface area contributed by atoms with Gasteiger partial charge in [-0.15, -0.1) is 0 Å². The van der Waals surface area contributed by atoms with Crippen molar-refractivity contribution in [3.63, 3.8) is 0 Å². The zero-order valence-corrected chi connectivity index (χ0v) is 42.4. The van der Waals surface area contributed by atoms with Crippen LogP contribution < -0.4 is 0 Å². The van der Waals surface area contributed by atoms with Gasteiger partial charge in [0.25, 0.3) is 0 Å². The summed E-state index contributed by atoms with van der Waals surface area (Å²) in [4.78, 5) is 38.0. The highest BCUT2D eigenvalue weighted by molar-refractivity contribution is 5.71. The number of rotatable bonds is 51. The Labute approximate surface area is 392 Å². The first-order valence-corrected chi connectivity index (χ1v) is 27.9. The van der Waals surface area contributed by atoms with Crippen LogP contribution in [0.25, 0.3) is 0 Å². The van der Waals surface area contributed by atoms with Crippen molar-refractivity contribution >= 4 is 17.9 Å². The SMILES string of the molecule is CCCCC/C=C\C=C/CCCCCCCCC(=O)OC(COC(=O)CCCCCCCCCCCCCC)COC(=O)CCCCCCCCCCCCCCCCCCCC. The molecular weight excluding hydrogens is 781 g/mol. The van der Waals surface area contributed by atoms with Gasteiger partial charge in [0.2, 0.25) is 0 Å². The lowest BCUT2D eigenvalue weighted by atomic mass is 10.0. The molecule has 1 unspecified atom stereocenters. The molecule has 0 heterocycles. The van der Waals surface area contributed by atoms with Crippen LogP contribution >= 0.6 is 0 Å². The van der Waals surface area contributed by atoms with Crippen molar-refractivity contribution in [3.8, 4) is 0 Å². The van der Waals surface area contributed by atoms with Crippen molar-refractivity contribution in [1.29, 1.82) is 0 Å². The first kappa shape index (κ1) is 60.9. The standard InChI is InChI=1S/C57H106O6/c1-4-7-10-13-16-19-22-25-27-28-29-31-32-35-38-41-44-47-50-56(59)62-53-54(52-61-55(58)49-46-43-40-37-34-24-21-18-15-12-9-6-3)63-57(60)51-48-45-42-39-36-33-30-26-23-20-17-14-11-8-5-2/h17,20,23,26,54H,4-16,18-19,21-22,24-25,27-53H2,1-3H3/b20-17-,26-23-. The van der Waals surface area contributed by atoms with Gasteiger partial charge in [0.1, 0.15) is 13.2 Å². The van der Waals surface area contributed by atoms with Crippen LogP contribution in [0.15, 0.2) is 24.3 Å². The molecule has 1 atom stereocenters. The van der Waals surface area contributed by atoms with Gasteiger partial charge in [-0.3, -0.25) is 14.4 Å². The van der Waals surface area contributed by atoms with Gasteiger partial charge in [0, 0.05) is 19.3 Å². The van der Waals surface area contributed by atoms with Gasteiger partial charge < -0.3 is 14.2 Å². The molecule has 0 N–H and O–H groups in total. The number of carbonyl (C=O) groups is 3. The Hall–Kier alpha value is -2.11. The second-order valence-corrected chi connectivity index (χ2v) is 18.9. The van der Waals surface area contributed by atoms with E-state index < -0.39 is 6.10 Å². The van der Waals surface area contributed by atoms with Crippen LogP contribution in [0.5, 0.6) is 0 Å². The van der Waals surface area contributed by atoms with E-state index in [-0.39, 0.29) is 31.1 Å². The molecule has 370 valence electrons. The van der Waals surface area contributed by atoms with E-state index in [1.54, 1.807) is 0 Å². The summed E-state index contributed by atoms with van der Waals surface area (Å²) in [6, 6.07) is 0. The van der Waals surface area contributed by atoms with Crippen molar-refractivity contribution in [1.82, 2.24) is 0 Å². The van der Waals surface area contributed by atoms with Crippen LogP contribution in [0.1, 0.15) is 303 Å². The smallest absolute Gasteiger partial charge is 0.306 e. The molecule has 0 radical (unpaired) electrons. The Balaban J connectivity index is 4.31. The minimum atomic E-state index is -0.771. The molecule has 0 aliphatic rings. The summed E-state index contributed by atoms with van der Waals surface area (Å²) in [6.45, 7) is 6.64. The molecule has 0 bridgehead atoms. The molecule has 0 aromatic rings. The minimum Gasteiger partial charge on any atom is -0.462 e. The largest absolute Gasteiger partial charge is 0.462 e. The van der Waals surface area contributed by atoms with Crippen molar-refractivity contribution in [2.45, 2.75) is 309 Å². The maximum Gasteiger partial charge on any atom is 0.306 e. The van der Waals surface area contributed by atoms with E-state index in [0.29, 0.717) is 19.3 Å². The zero-order chi connectivity index (χ0) is 45.8. The first-order chi connectivity index (χ1) is 31.0. The highest BCUT2D eigenvalue weighted by atomic mass is 16.6. The van der Waals surface area contributed by atoms with Gasteiger partial charge in [-0.05, 0) is 44.9 Å². The normalized spacial score (nSPS) is 12.1. The average molecular weight is 887 g/mol. The maximum atomic E-state index is 12.8. The van der Waals surface area contributed by atoms with Gasteiger partial charge in [-0.1, -0.05) is 263 Å². The molecule has 0 rings (SSSR count). The van der Waals surface area contributed by atoms with E-state index >= 15 is 0 Å². The number of ether oxygens (including phenoxy) is 3. The Morgan fingerprint density at radius 1 is 0.317 bits per heavy atom. The molecule has 0 spiro atoms. The molecule has 0 aromatic carbocycles. The topological polar surface area (TPSA) is 78.9 Å². The third-order valence-electron chi connectivity index (χ3n) is 12.5. The lowest BCUT2D eigenvalue weighted by Crippen LogP contribution is -2.30. The van der Waals surface area contributed by atoms with Crippen LogP contribution in [0.3, 0.4) is 0 Å². The molecule has 0 amide bonds. The van der Waals surface area contributed by atoms with Crippen molar-refractivity contribution < 1.29 is 28.6 Å². The highest BCUT2D eigenvalue weighted by Crippen LogP contribution is 2.17. The molecule has 63 heavy (non-hydrogen) atoms. The van der Waals surface area contributed by atoms with E-state index in [2.05, 4.69) is 45.1 Å². The molecule has 6 nitrogen and oxygen atoms in total. The number of allylic oxidation sites excluding steroid dienone is 4. The van der Waals surface area contributed by atoms with Crippen molar-refractivity contribution in [2.75, 3.05) is 13.2 Å². The molecule has 0 fully saturated rings. The monoisotopic (exact) mass is 887 g/mol. The second-order valence-electron chi connectivity index (χ2n) is 18.9. The van der Waals surface area contributed by atoms with Crippen LogP contribution in [-0.4, -0.2) is 37.2 Å². The molecular formula is C57H106O6. The third kappa shape index (κ3) is 50.7. The van der Waals surface area contributed by atoms with Crippen LogP contribution in [0, 0.1) is 0 Å². The third-order valence-corrected chi connectivity index (χ3v) is 12.5. The maximum absolute atomic E-state index is 12.8. The Bertz CT molecular complexity index is 1020. The van der Waals surface area contributed by atoms with Gasteiger partial charge in [0.15, 0.2) is 6.10 Å². The van der Waals surface area contributed by atoms with E-state index in [0.717, 1.165) is 64.2 Å². The highest BCUT2D eigenvalue weighted by Gasteiger charge is 2.19. The van der Waals surface area contributed by atoms with Crippen LogP contribution in [0.2, 0.25) is 0 Å². The average Bonchev–Trinajstić information content (AvgIpc) is 3.28. The fraction of sp³-hybridized carbons (Fsp3) is 0.877. The molecule has 0 aliphatic carbocycles. The minimum absolute atomic E-state index is 0.0708. The molecule has 6 heteroatoms. The van der Waals surface area contributed by atoms with Gasteiger partial charge in [0.05, 0.1) is 0 Å². The summed E-state index contributed by atoms with van der Waals surface area (Å²) < 4.78 is 16.8. The predicted molar refractivity (Wildman–Crippen MR) is 270 cm³/mol. The Morgan fingerprint density at radius 3 is 0.873 bits per heavy atom. The Morgan fingerprint density at radius 2 is 0.556 bits per heavy atom. The summed E-state index contributed by atoms with van der Waals surface area (Å²) in [7, 11) is 0. The van der Waals surface area contributed by atoms with Crippen molar-refractivity contribution in [3.05, 3.63) is 24.3 Å². The van der Waals surface area contributed by atoms with Crippen LogP contribution in [0.4, 0.5) is 0 Å². The van der Waals surface area contributed by atoms with Crippen LogP contribution in [-0.2, 0) is 28.6 Å². The summed E-state index contributed by atoms with van der Waals surface area (Å²) in [5.74, 6) is -0.864. The summed E-state index contributed by atoms with van der Waals surface area (Å²) in [6.07, 6.45) is 60.2. The van der Waals surface area contributed by atoms with Gasteiger partial charge >= 0.3 is 17.9 Å². The number of carbonyl (C=O) groups excluding carboxylic acids is 3. The number of esters is 3. The predicted octanol–water partition coefficient (Wildman–Crippen LogP) is 18.3. The quantitative estimate of drug-likeness (QED) is 0.0262. The summed E-state index contributed by atoms with van der Waals surface area (Å²) in [5, 5.41) is 0. The van der Waals surface area contributed by atoms with E-state index in [4.69, 9.17) is 14.2 Å². The lowest BCUT2D eigenvalue weighted by Gasteiger charge is -2.18. The fourth-order valence-electron chi connectivity index (χ4n) is 8.26. The first-order valence-electron chi connectivity index (χ1n) is 27.9. The van der Waals surface area contributed by atoms with Gasteiger partial charge in [-0.2, -0.15) is 0 Å². The van der Waals surface area contributed by atoms with E-state index in [1.165, 1.54) is 199 Å².